The maximum atomic E-state index is 10.8. The van der Waals surface area contributed by atoms with Crippen LogP contribution in [-0.2, 0) is 13.5 Å². The zero-order valence-corrected chi connectivity index (χ0v) is 9.09. The molecule has 6 nitrogen and oxygen atoms in total. The first kappa shape index (κ1) is 13.7. The van der Waals surface area contributed by atoms with Crippen LogP contribution in [0.15, 0.2) is 12.7 Å². The molecule has 0 saturated heterocycles. The third kappa shape index (κ3) is 9.76. The summed E-state index contributed by atoms with van der Waals surface area (Å²) in [6.07, 6.45) is 1.04. The molecule has 0 aromatic rings. The molecule has 14 heavy (non-hydrogen) atoms. The Morgan fingerprint density at radius 3 is 2.79 bits per heavy atom. The predicted octanol–water partition coefficient (Wildman–Crippen LogP) is 0.0886. The van der Waals surface area contributed by atoms with E-state index < -0.39 is 19.9 Å². The predicted molar refractivity (Wildman–Crippen MR) is 53.7 cm³/mol. The third-order valence-corrected chi connectivity index (χ3v) is 2.24. The van der Waals surface area contributed by atoms with Gasteiger partial charge in [0.2, 0.25) is 0 Å². The molecule has 0 radical (unpaired) electrons. The quantitative estimate of drug-likeness (QED) is 0.251. The molecule has 0 aliphatic heterocycles. The molecule has 3 N–H and O–H groups in total. The maximum absolute atomic E-state index is 10.8. The molecule has 0 amide bonds. The van der Waals surface area contributed by atoms with E-state index in [1.165, 1.54) is 0 Å². The normalized spacial score (nSPS) is 11.0. The van der Waals surface area contributed by atoms with E-state index in [9.17, 15) is 9.36 Å². The van der Waals surface area contributed by atoms with Crippen molar-refractivity contribution in [1.82, 2.24) is 5.32 Å². The van der Waals surface area contributed by atoms with Crippen molar-refractivity contribution in [3.05, 3.63) is 12.7 Å². The van der Waals surface area contributed by atoms with E-state index in [1.807, 2.05) is 0 Å². The van der Waals surface area contributed by atoms with Crippen LogP contribution >= 0.6 is 19.6 Å². The highest BCUT2D eigenvalue weighted by atomic mass is 32.2. The molecule has 0 heterocycles. The van der Waals surface area contributed by atoms with Gasteiger partial charge in [0.05, 0.1) is 24.9 Å². The molecule has 0 aromatic heterocycles. The summed E-state index contributed by atoms with van der Waals surface area (Å²) in [4.78, 5) is 27.7. The average Bonchev–Trinajstić information content (AvgIpc) is 2.02. The molecule has 82 valence electrons. The molecule has 0 rings (SSSR count). The van der Waals surface area contributed by atoms with Gasteiger partial charge in [-0.25, -0.2) is 4.79 Å². The molecular formula is C6H12NO5PS. The summed E-state index contributed by atoms with van der Waals surface area (Å²) >= 11 is 0.918. The first-order valence-corrected chi connectivity index (χ1v) is 6.35. The van der Waals surface area contributed by atoms with Gasteiger partial charge in [-0.15, -0.1) is 6.58 Å². The molecule has 8 heteroatoms. The minimum Gasteiger partial charge on any atom is -0.390 e. The first-order valence-electron chi connectivity index (χ1n) is 3.64. The van der Waals surface area contributed by atoms with Gasteiger partial charge < -0.3 is 14.0 Å². The first-order chi connectivity index (χ1) is 6.45. The van der Waals surface area contributed by atoms with Gasteiger partial charge in [-0.3, -0.25) is 9.88 Å². The Hall–Kier alpha value is -0.330. The Morgan fingerprint density at radius 1 is 1.64 bits per heavy atom. The smallest absolute Gasteiger partial charge is 0.339 e. The lowest BCUT2D eigenvalue weighted by molar-refractivity contribution is -0.131. The van der Waals surface area contributed by atoms with Gasteiger partial charge in [-0.2, -0.15) is 0 Å². The van der Waals surface area contributed by atoms with Crippen molar-refractivity contribution in [2.45, 2.75) is 0 Å². The summed E-state index contributed by atoms with van der Waals surface area (Å²) in [7, 11) is -4.10. The summed E-state index contributed by atoms with van der Waals surface area (Å²) in [5, 5.41) is 2.28. The highest BCUT2D eigenvalue weighted by Crippen LogP contribution is 2.31. The van der Waals surface area contributed by atoms with Crippen molar-refractivity contribution in [3.63, 3.8) is 0 Å². The number of carbonyl (C=O) groups excluding carboxylic acids is 1. The second kappa shape index (κ2) is 7.03. The van der Waals surface area contributed by atoms with Crippen LogP contribution in [0.1, 0.15) is 0 Å². The van der Waals surface area contributed by atoms with Crippen LogP contribution < -0.4 is 5.32 Å². The van der Waals surface area contributed by atoms with E-state index in [0.29, 0.717) is 5.75 Å². The van der Waals surface area contributed by atoms with Crippen LogP contribution in [0, 0.1) is 0 Å². The lowest BCUT2D eigenvalue weighted by Crippen LogP contribution is -2.24. The highest BCUT2D eigenvalue weighted by molar-refractivity contribution is 7.95. The molecule has 0 aromatic carbocycles. The molecule has 0 bridgehead atoms. The second-order valence-corrected chi connectivity index (χ2v) is 4.66. The van der Waals surface area contributed by atoms with Crippen molar-refractivity contribution in [2.24, 2.45) is 0 Å². The average molecular weight is 241 g/mol. The second-order valence-electron chi connectivity index (χ2n) is 2.28. The summed E-state index contributed by atoms with van der Waals surface area (Å²) in [5.41, 5.74) is 0. The lowest BCUT2D eigenvalue weighted by Gasteiger charge is -2.05. The van der Waals surface area contributed by atoms with E-state index in [2.05, 4.69) is 16.1 Å². The van der Waals surface area contributed by atoms with Gasteiger partial charge in [0.1, 0.15) is 0 Å². The Morgan fingerprint density at radius 2 is 2.29 bits per heavy atom. The fourth-order valence-corrected chi connectivity index (χ4v) is 1.24. The molecule has 0 atom stereocenters. The fourth-order valence-electron chi connectivity index (χ4n) is 0.481. The Bertz CT molecular complexity index is 240. The summed E-state index contributed by atoms with van der Waals surface area (Å²) in [5.74, 6) is -0.102. The maximum Gasteiger partial charge on any atom is 0.339 e. The van der Waals surface area contributed by atoms with Gasteiger partial charge in [0.15, 0.2) is 0 Å². The molecular weight excluding hydrogens is 229 g/mol. The van der Waals surface area contributed by atoms with Crippen molar-refractivity contribution in [1.29, 1.82) is 0 Å². The van der Waals surface area contributed by atoms with Crippen LogP contribution in [0.3, 0.4) is 0 Å². The van der Waals surface area contributed by atoms with Crippen LogP contribution in [-0.4, -0.2) is 34.3 Å². The van der Waals surface area contributed by atoms with Gasteiger partial charge in [0, 0.05) is 5.75 Å². The molecule has 0 saturated carbocycles. The molecule has 0 aliphatic rings. The largest absolute Gasteiger partial charge is 0.390 e. The van der Waals surface area contributed by atoms with Crippen LogP contribution in [0.25, 0.3) is 0 Å². The van der Waals surface area contributed by atoms with Gasteiger partial charge in [0.25, 0.3) is 0 Å². The van der Waals surface area contributed by atoms with E-state index in [-0.39, 0.29) is 6.54 Å². The Balaban J connectivity index is 3.45. The Kier molecular flexibility index (Phi) is 6.86. The molecule has 0 spiro atoms. The van der Waals surface area contributed by atoms with Crippen molar-refractivity contribution >= 4 is 25.6 Å². The highest BCUT2D eigenvalue weighted by Gasteiger charge is 2.12. The number of hydrogen-bond acceptors (Lipinski definition) is 5. The van der Waals surface area contributed by atoms with Crippen LogP contribution in [0.2, 0.25) is 0 Å². The molecule has 0 aliphatic carbocycles. The topological polar surface area (TPSA) is 95.9 Å². The zero-order chi connectivity index (χ0) is 11.0. The third-order valence-electron chi connectivity index (χ3n) is 0.925. The minimum absolute atomic E-state index is 0.227. The number of rotatable bonds is 7. The lowest BCUT2D eigenvalue weighted by atomic mass is 10.7. The van der Waals surface area contributed by atoms with Gasteiger partial charge >= 0.3 is 13.6 Å². The standard InChI is InChI=1S/C6H12NO5PS/c1-2-3-14-12-6(8)4-7-5-13(9,10)11/h2,7H,1,3-5H2,(H2,9,10,11). The van der Waals surface area contributed by atoms with Crippen molar-refractivity contribution in [3.8, 4) is 0 Å². The van der Waals surface area contributed by atoms with Crippen LogP contribution in [0.5, 0.6) is 0 Å². The van der Waals surface area contributed by atoms with Crippen molar-refractivity contribution in [2.75, 3.05) is 18.6 Å². The van der Waals surface area contributed by atoms with Gasteiger partial charge in [-0.05, 0) is 0 Å². The Labute approximate surface area is 86.1 Å². The minimum atomic E-state index is -4.10. The number of carbonyl (C=O) groups is 1. The van der Waals surface area contributed by atoms with E-state index in [4.69, 9.17) is 9.79 Å². The molecule has 0 fully saturated rings. The van der Waals surface area contributed by atoms with Gasteiger partial charge in [-0.1, -0.05) is 6.08 Å². The van der Waals surface area contributed by atoms with Crippen molar-refractivity contribution < 1.29 is 23.3 Å². The number of hydrogen-bond donors (Lipinski definition) is 3. The monoisotopic (exact) mass is 241 g/mol. The van der Waals surface area contributed by atoms with Crippen LogP contribution in [0.4, 0.5) is 0 Å². The fraction of sp³-hybridized carbons (Fsp3) is 0.500. The summed E-state index contributed by atoms with van der Waals surface area (Å²) in [6.45, 7) is 3.19. The van der Waals surface area contributed by atoms with E-state index in [0.717, 1.165) is 12.0 Å². The van der Waals surface area contributed by atoms with E-state index in [1.54, 1.807) is 6.08 Å². The number of nitrogens with one attached hydrogen (secondary N) is 1. The van der Waals surface area contributed by atoms with E-state index >= 15 is 0 Å². The SMILES string of the molecule is C=CCSOC(=O)CNCP(=O)(O)O. The summed E-state index contributed by atoms with van der Waals surface area (Å²) in [6, 6.07) is 0. The zero-order valence-electron chi connectivity index (χ0n) is 7.38. The molecule has 0 unspecified atom stereocenters. The summed E-state index contributed by atoms with van der Waals surface area (Å²) < 4.78 is 14.9.